The molecule has 2 aromatic carbocycles. The Kier molecular flexibility index (Phi) is 5.38. The minimum absolute atomic E-state index is 0.231. The van der Waals surface area contributed by atoms with E-state index in [2.05, 4.69) is 5.32 Å². The first-order chi connectivity index (χ1) is 10.5. The number of nitrogens with one attached hydrogen (secondary N) is 1. The van der Waals surface area contributed by atoms with E-state index in [1.165, 1.54) is 13.2 Å². The third kappa shape index (κ3) is 4.21. The minimum atomic E-state index is -0.675. The van der Waals surface area contributed by atoms with E-state index in [1.54, 1.807) is 31.2 Å². The highest BCUT2D eigenvalue weighted by Crippen LogP contribution is 2.27. The van der Waals surface area contributed by atoms with Crippen LogP contribution in [0.15, 0.2) is 47.4 Å². The van der Waals surface area contributed by atoms with E-state index in [-0.39, 0.29) is 10.8 Å². The molecule has 0 unspecified atom stereocenters. The third-order valence-corrected chi connectivity index (χ3v) is 4.06. The molecule has 0 aliphatic carbocycles. The van der Waals surface area contributed by atoms with Crippen molar-refractivity contribution in [2.24, 2.45) is 0 Å². The third-order valence-electron chi connectivity index (χ3n) is 2.90. The van der Waals surface area contributed by atoms with E-state index in [4.69, 9.17) is 4.74 Å². The highest BCUT2D eigenvalue weighted by Gasteiger charge is 2.17. The maximum Gasteiger partial charge on any atom is 0.237 e. The molecule has 1 N–H and O–H groups in total. The number of halogens is 2. The van der Waals surface area contributed by atoms with Crippen molar-refractivity contribution in [2.75, 3.05) is 12.4 Å². The molecule has 22 heavy (non-hydrogen) atoms. The summed E-state index contributed by atoms with van der Waals surface area (Å²) in [6.45, 7) is 1.66. The fraction of sp³-hybridized carbons (Fsp3) is 0.188. The number of rotatable bonds is 5. The van der Waals surface area contributed by atoms with E-state index in [0.29, 0.717) is 11.4 Å². The van der Waals surface area contributed by atoms with Crippen LogP contribution in [-0.4, -0.2) is 18.3 Å². The number of hydrogen-bond donors (Lipinski definition) is 1. The number of ether oxygens (including phenoxy) is 1. The van der Waals surface area contributed by atoms with Gasteiger partial charge in [-0.1, -0.05) is 6.07 Å². The van der Waals surface area contributed by atoms with Crippen molar-refractivity contribution in [3.8, 4) is 5.75 Å². The number of anilines is 1. The Hall–Kier alpha value is -2.08. The average molecular weight is 323 g/mol. The van der Waals surface area contributed by atoms with Gasteiger partial charge in [-0.15, -0.1) is 11.8 Å². The summed E-state index contributed by atoms with van der Waals surface area (Å²) in [6.07, 6.45) is 0. The number of amides is 1. The zero-order valence-electron chi connectivity index (χ0n) is 12.1. The predicted molar refractivity (Wildman–Crippen MR) is 83.3 cm³/mol. The highest BCUT2D eigenvalue weighted by molar-refractivity contribution is 8.00. The molecular formula is C16H15F2NO2S. The fourth-order valence-electron chi connectivity index (χ4n) is 1.76. The molecule has 3 nitrogen and oxygen atoms in total. The van der Waals surface area contributed by atoms with Gasteiger partial charge in [-0.2, -0.15) is 0 Å². The SMILES string of the molecule is COc1cccc(NC(=O)[C@@H](C)Sc2ccc(F)cc2F)c1. The second-order valence-electron chi connectivity index (χ2n) is 4.56. The van der Waals surface area contributed by atoms with Crippen molar-refractivity contribution in [1.82, 2.24) is 0 Å². The van der Waals surface area contributed by atoms with Crippen molar-refractivity contribution in [3.05, 3.63) is 54.1 Å². The van der Waals surface area contributed by atoms with Crippen LogP contribution in [0, 0.1) is 11.6 Å². The molecule has 0 radical (unpaired) electrons. The zero-order valence-corrected chi connectivity index (χ0v) is 12.9. The van der Waals surface area contributed by atoms with Crippen LogP contribution in [0.2, 0.25) is 0 Å². The fourth-order valence-corrected chi connectivity index (χ4v) is 2.62. The zero-order chi connectivity index (χ0) is 16.1. The van der Waals surface area contributed by atoms with Gasteiger partial charge in [-0.3, -0.25) is 4.79 Å². The van der Waals surface area contributed by atoms with Gasteiger partial charge in [-0.05, 0) is 31.2 Å². The molecule has 0 spiro atoms. The molecule has 1 atom stereocenters. The van der Waals surface area contributed by atoms with Crippen molar-refractivity contribution >= 4 is 23.4 Å². The highest BCUT2D eigenvalue weighted by atomic mass is 32.2. The summed E-state index contributed by atoms with van der Waals surface area (Å²) >= 11 is 1.03. The lowest BCUT2D eigenvalue weighted by Crippen LogP contribution is -2.22. The Morgan fingerprint density at radius 2 is 2.00 bits per heavy atom. The first kappa shape index (κ1) is 16.3. The number of thioether (sulfide) groups is 1. The van der Waals surface area contributed by atoms with Gasteiger partial charge in [0.05, 0.1) is 12.4 Å². The summed E-state index contributed by atoms with van der Waals surface area (Å²) in [6, 6.07) is 10.2. The average Bonchev–Trinajstić information content (AvgIpc) is 2.50. The van der Waals surface area contributed by atoms with Gasteiger partial charge in [0, 0.05) is 22.7 Å². The lowest BCUT2D eigenvalue weighted by molar-refractivity contribution is -0.115. The van der Waals surface area contributed by atoms with Crippen LogP contribution in [0.1, 0.15) is 6.92 Å². The number of benzene rings is 2. The van der Waals surface area contributed by atoms with E-state index >= 15 is 0 Å². The molecule has 0 aliphatic rings. The summed E-state index contributed by atoms with van der Waals surface area (Å²) in [4.78, 5) is 12.4. The largest absolute Gasteiger partial charge is 0.497 e. The molecule has 2 rings (SSSR count). The second kappa shape index (κ2) is 7.26. The van der Waals surface area contributed by atoms with Gasteiger partial charge in [-0.25, -0.2) is 8.78 Å². The normalized spacial score (nSPS) is 11.8. The maximum atomic E-state index is 13.6. The number of methoxy groups -OCH3 is 1. The van der Waals surface area contributed by atoms with E-state index in [9.17, 15) is 13.6 Å². The first-order valence-corrected chi connectivity index (χ1v) is 7.44. The smallest absolute Gasteiger partial charge is 0.237 e. The molecule has 1 amide bonds. The van der Waals surface area contributed by atoms with Gasteiger partial charge in [0.2, 0.25) is 5.91 Å². The standard InChI is InChI=1S/C16H15F2NO2S/c1-10(22-15-7-6-11(17)8-14(15)18)16(20)19-12-4-3-5-13(9-12)21-2/h3-10H,1-2H3,(H,19,20)/t10-/m1/s1. The lowest BCUT2D eigenvalue weighted by Gasteiger charge is -2.13. The predicted octanol–water partition coefficient (Wildman–Crippen LogP) is 4.09. The summed E-state index contributed by atoms with van der Waals surface area (Å²) in [5, 5.41) is 2.20. The van der Waals surface area contributed by atoms with Gasteiger partial charge < -0.3 is 10.1 Å². The number of carbonyl (C=O) groups is 1. The van der Waals surface area contributed by atoms with Crippen LogP contribution < -0.4 is 10.1 Å². The molecule has 0 bridgehead atoms. The molecule has 0 saturated heterocycles. The van der Waals surface area contributed by atoms with E-state index in [1.807, 2.05) is 0 Å². The summed E-state index contributed by atoms with van der Waals surface area (Å²) in [7, 11) is 1.54. The lowest BCUT2D eigenvalue weighted by atomic mass is 10.3. The summed E-state index contributed by atoms with van der Waals surface area (Å²) < 4.78 is 31.5. The van der Waals surface area contributed by atoms with E-state index in [0.717, 1.165) is 23.9 Å². The molecule has 0 aliphatic heterocycles. The minimum Gasteiger partial charge on any atom is -0.497 e. The molecule has 0 aromatic heterocycles. The topological polar surface area (TPSA) is 38.3 Å². The Bertz CT molecular complexity index is 679. The monoisotopic (exact) mass is 323 g/mol. The van der Waals surface area contributed by atoms with Gasteiger partial charge in [0.15, 0.2) is 0 Å². The molecular weight excluding hydrogens is 308 g/mol. The van der Waals surface area contributed by atoms with Crippen LogP contribution in [0.25, 0.3) is 0 Å². The van der Waals surface area contributed by atoms with Gasteiger partial charge in [0.25, 0.3) is 0 Å². The van der Waals surface area contributed by atoms with Crippen LogP contribution in [0.5, 0.6) is 5.75 Å². The van der Waals surface area contributed by atoms with Gasteiger partial charge in [0.1, 0.15) is 17.4 Å². The Balaban J connectivity index is 2.02. The summed E-state index contributed by atoms with van der Waals surface area (Å²) in [5.74, 6) is -0.967. The quantitative estimate of drug-likeness (QED) is 0.842. The van der Waals surface area contributed by atoms with Crippen LogP contribution >= 0.6 is 11.8 Å². The van der Waals surface area contributed by atoms with Crippen molar-refractivity contribution in [2.45, 2.75) is 17.1 Å². The molecule has 116 valence electrons. The van der Waals surface area contributed by atoms with E-state index < -0.39 is 16.9 Å². The summed E-state index contributed by atoms with van der Waals surface area (Å²) in [5.41, 5.74) is 0.594. The van der Waals surface area contributed by atoms with Crippen molar-refractivity contribution in [3.63, 3.8) is 0 Å². The first-order valence-electron chi connectivity index (χ1n) is 6.56. The van der Waals surface area contributed by atoms with Crippen LogP contribution in [0.3, 0.4) is 0 Å². The Morgan fingerprint density at radius 1 is 1.23 bits per heavy atom. The maximum absolute atomic E-state index is 13.6. The number of hydrogen-bond acceptors (Lipinski definition) is 3. The van der Waals surface area contributed by atoms with Gasteiger partial charge >= 0.3 is 0 Å². The van der Waals surface area contributed by atoms with Crippen LogP contribution in [0.4, 0.5) is 14.5 Å². The molecule has 0 fully saturated rings. The van der Waals surface area contributed by atoms with Crippen molar-refractivity contribution in [1.29, 1.82) is 0 Å². The van der Waals surface area contributed by atoms with Crippen molar-refractivity contribution < 1.29 is 18.3 Å². The molecule has 2 aromatic rings. The molecule has 0 heterocycles. The number of carbonyl (C=O) groups excluding carboxylic acids is 1. The Morgan fingerprint density at radius 3 is 2.68 bits per heavy atom. The second-order valence-corrected chi connectivity index (χ2v) is 5.94. The molecule has 6 heteroatoms. The Labute approximate surface area is 131 Å². The van der Waals surface area contributed by atoms with Crippen LogP contribution in [-0.2, 0) is 4.79 Å². The molecule has 0 saturated carbocycles.